The standard InChI is InChI=1S/C14H13BrN2O2/c1-19-14(18)13-9-3-2-8(15)6-12(9)17-11-4-5-16-7-10(11)13/h2-3,6,16H,4-5,7H2,1H3. The molecule has 2 heterocycles. The lowest BCUT2D eigenvalue weighted by atomic mass is 9.97. The third-order valence-corrected chi connectivity index (χ3v) is 3.86. The van der Waals surface area contributed by atoms with E-state index >= 15 is 0 Å². The molecular weight excluding hydrogens is 308 g/mol. The van der Waals surface area contributed by atoms with E-state index in [2.05, 4.69) is 26.2 Å². The van der Waals surface area contributed by atoms with E-state index in [-0.39, 0.29) is 5.97 Å². The Morgan fingerprint density at radius 3 is 3.11 bits per heavy atom. The molecule has 0 unspecified atom stereocenters. The average Bonchev–Trinajstić information content (AvgIpc) is 2.43. The van der Waals surface area contributed by atoms with Gasteiger partial charge in [0, 0.05) is 40.6 Å². The van der Waals surface area contributed by atoms with Crippen molar-refractivity contribution in [3.05, 3.63) is 39.5 Å². The van der Waals surface area contributed by atoms with Crippen LogP contribution < -0.4 is 5.32 Å². The van der Waals surface area contributed by atoms with Crippen LogP contribution in [0.4, 0.5) is 0 Å². The van der Waals surface area contributed by atoms with Crippen LogP contribution in [0.25, 0.3) is 10.9 Å². The first kappa shape index (κ1) is 12.6. The number of pyridine rings is 1. The molecule has 0 radical (unpaired) electrons. The second-order valence-corrected chi connectivity index (χ2v) is 5.41. The lowest BCUT2D eigenvalue weighted by molar-refractivity contribution is 0.0601. The Hall–Kier alpha value is -1.46. The van der Waals surface area contributed by atoms with Crippen molar-refractivity contribution in [1.29, 1.82) is 0 Å². The van der Waals surface area contributed by atoms with E-state index < -0.39 is 0 Å². The van der Waals surface area contributed by atoms with Gasteiger partial charge in [-0.15, -0.1) is 0 Å². The van der Waals surface area contributed by atoms with Gasteiger partial charge in [-0.2, -0.15) is 0 Å². The van der Waals surface area contributed by atoms with Gasteiger partial charge in [-0.25, -0.2) is 4.79 Å². The van der Waals surface area contributed by atoms with Gasteiger partial charge in [0.15, 0.2) is 0 Å². The van der Waals surface area contributed by atoms with Gasteiger partial charge in [0.25, 0.3) is 0 Å². The first-order chi connectivity index (χ1) is 9.20. The normalized spacial score (nSPS) is 14.2. The van der Waals surface area contributed by atoms with Crippen LogP contribution >= 0.6 is 15.9 Å². The number of halogens is 1. The lowest BCUT2D eigenvalue weighted by Crippen LogP contribution is -2.27. The smallest absolute Gasteiger partial charge is 0.338 e. The van der Waals surface area contributed by atoms with Crippen molar-refractivity contribution in [3.8, 4) is 0 Å². The first-order valence-corrected chi connectivity index (χ1v) is 6.90. The van der Waals surface area contributed by atoms with Gasteiger partial charge in [0.1, 0.15) is 0 Å². The molecule has 0 amide bonds. The van der Waals surface area contributed by atoms with Gasteiger partial charge in [0.2, 0.25) is 0 Å². The molecule has 0 aliphatic carbocycles. The Morgan fingerprint density at radius 2 is 2.32 bits per heavy atom. The summed E-state index contributed by atoms with van der Waals surface area (Å²) in [5.41, 5.74) is 3.43. The van der Waals surface area contributed by atoms with Crippen molar-refractivity contribution in [2.45, 2.75) is 13.0 Å². The van der Waals surface area contributed by atoms with Gasteiger partial charge in [-0.05, 0) is 12.1 Å². The number of esters is 1. The summed E-state index contributed by atoms with van der Waals surface area (Å²) < 4.78 is 5.89. The van der Waals surface area contributed by atoms with Gasteiger partial charge >= 0.3 is 5.97 Å². The largest absolute Gasteiger partial charge is 0.465 e. The Labute approximate surface area is 119 Å². The molecule has 0 bridgehead atoms. The van der Waals surface area contributed by atoms with Gasteiger partial charge in [-0.3, -0.25) is 4.98 Å². The number of aromatic nitrogens is 1. The molecule has 0 saturated carbocycles. The molecule has 0 fully saturated rings. The highest BCUT2D eigenvalue weighted by Gasteiger charge is 2.22. The van der Waals surface area contributed by atoms with Crippen LogP contribution in [-0.4, -0.2) is 24.6 Å². The first-order valence-electron chi connectivity index (χ1n) is 6.10. The number of hydrogen-bond donors (Lipinski definition) is 1. The Bertz CT molecular complexity index is 670. The fourth-order valence-corrected chi connectivity index (χ4v) is 2.83. The van der Waals surface area contributed by atoms with Gasteiger partial charge < -0.3 is 10.1 Å². The molecule has 1 aliphatic rings. The number of rotatable bonds is 1. The fourth-order valence-electron chi connectivity index (χ4n) is 2.48. The minimum absolute atomic E-state index is 0.297. The highest BCUT2D eigenvalue weighted by molar-refractivity contribution is 9.10. The third kappa shape index (κ3) is 2.13. The molecule has 1 N–H and O–H groups in total. The Kier molecular flexibility index (Phi) is 3.24. The molecule has 3 rings (SSSR count). The van der Waals surface area contributed by atoms with Crippen LogP contribution in [0.5, 0.6) is 0 Å². The number of carbonyl (C=O) groups excluding carboxylic acids is 1. The van der Waals surface area contributed by atoms with E-state index in [1.807, 2.05) is 18.2 Å². The zero-order valence-corrected chi connectivity index (χ0v) is 12.1. The van der Waals surface area contributed by atoms with Crippen molar-refractivity contribution < 1.29 is 9.53 Å². The van der Waals surface area contributed by atoms with Crippen LogP contribution in [-0.2, 0) is 17.7 Å². The summed E-state index contributed by atoms with van der Waals surface area (Å²) in [6.45, 7) is 1.55. The molecule has 5 heteroatoms. The fraction of sp³-hybridized carbons (Fsp3) is 0.286. The van der Waals surface area contributed by atoms with Crippen LogP contribution in [0.3, 0.4) is 0 Å². The Morgan fingerprint density at radius 1 is 1.47 bits per heavy atom. The van der Waals surface area contributed by atoms with Crippen molar-refractivity contribution in [2.75, 3.05) is 13.7 Å². The molecule has 1 aliphatic heterocycles. The van der Waals surface area contributed by atoms with Crippen LogP contribution in [0.1, 0.15) is 21.6 Å². The summed E-state index contributed by atoms with van der Waals surface area (Å²) >= 11 is 3.44. The van der Waals surface area contributed by atoms with E-state index in [1.54, 1.807) is 0 Å². The molecule has 1 aromatic heterocycles. The summed E-state index contributed by atoms with van der Waals surface area (Å²) in [5.74, 6) is -0.297. The molecule has 98 valence electrons. The van der Waals surface area contributed by atoms with Crippen LogP contribution in [0, 0.1) is 0 Å². The molecule has 0 atom stereocenters. The monoisotopic (exact) mass is 320 g/mol. The van der Waals surface area contributed by atoms with E-state index in [1.165, 1.54) is 7.11 Å². The second kappa shape index (κ2) is 4.90. The number of nitrogens with one attached hydrogen (secondary N) is 1. The highest BCUT2D eigenvalue weighted by atomic mass is 79.9. The number of ether oxygens (including phenoxy) is 1. The zero-order chi connectivity index (χ0) is 13.4. The Balaban J connectivity index is 2.36. The summed E-state index contributed by atoms with van der Waals surface area (Å²) in [5, 5.41) is 4.12. The summed E-state index contributed by atoms with van der Waals surface area (Å²) in [4.78, 5) is 16.8. The predicted molar refractivity (Wildman–Crippen MR) is 76.2 cm³/mol. The van der Waals surface area contributed by atoms with Crippen LogP contribution in [0.15, 0.2) is 22.7 Å². The maximum atomic E-state index is 12.1. The van der Waals surface area contributed by atoms with Crippen molar-refractivity contribution in [3.63, 3.8) is 0 Å². The number of benzene rings is 1. The molecular formula is C14H13BrN2O2. The molecule has 0 saturated heterocycles. The second-order valence-electron chi connectivity index (χ2n) is 4.49. The minimum atomic E-state index is -0.297. The van der Waals surface area contributed by atoms with Crippen molar-refractivity contribution >= 4 is 32.8 Å². The SMILES string of the molecule is COC(=O)c1c2c(nc3cc(Br)ccc13)CCNC2. The van der Waals surface area contributed by atoms with Crippen molar-refractivity contribution in [1.82, 2.24) is 10.3 Å². The quantitative estimate of drug-likeness (QED) is 0.820. The number of nitrogens with zero attached hydrogens (tertiary/aromatic N) is 1. The van der Waals surface area contributed by atoms with Gasteiger partial charge in [-0.1, -0.05) is 22.0 Å². The number of fused-ring (bicyclic) bond motifs is 2. The molecule has 2 aromatic rings. The maximum Gasteiger partial charge on any atom is 0.338 e. The minimum Gasteiger partial charge on any atom is -0.465 e. The van der Waals surface area contributed by atoms with Crippen LogP contribution in [0.2, 0.25) is 0 Å². The predicted octanol–water partition coefficient (Wildman–Crippen LogP) is 2.43. The molecule has 1 aromatic carbocycles. The molecule has 0 spiro atoms. The number of hydrogen-bond acceptors (Lipinski definition) is 4. The average molecular weight is 321 g/mol. The molecule has 4 nitrogen and oxygen atoms in total. The van der Waals surface area contributed by atoms with Gasteiger partial charge in [0.05, 0.1) is 18.2 Å². The van der Waals surface area contributed by atoms with E-state index in [0.29, 0.717) is 12.1 Å². The number of carbonyl (C=O) groups is 1. The summed E-state index contributed by atoms with van der Waals surface area (Å²) in [6.07, 6.45) is 0.835. The summed E-state index contributed by atoms with van der Waals surface area (Å²) in [6, 6.07) is 5.76. The molecule has 19 heavy (non-hydrogen) atoms. The van der Waals surface area contributed by atoms with E-state index in [4.69, 9.17) is 4.74 Å². The van der Waals surface area contributed by atoms with E-state index in [0.717, 1.165) is 39.6 Å². The maximum absolute atomic E-state index is 12.1. The zero-order valence-electron chi connectivity index (χ0n) is 10.5. The lowest BCUT2D eigenvalue weighted by Gasteiger charge is -2.20. The topological polar surface area (TPSA) is 51.2 Å². The highest BCUT2D eigenvalue weighted by Crippen LogP contribution is 2.28. The number of methoxy groups -OCH3 is 1. The third-order valence-electron chi connectivity index (χ3n) is 3.36. The van der Waals surface area contributed by atoms with Crippen molar-refractivity contribution in [2.24, 2.45) is 0 Å². The van der Waals surface area contributed by atoms with E-state index in [9.17, 15) is 4.79 Å². The summed E-state index contributed by atoms with van der Waals surface area (Å²) in [7, 11) is 1.41.